The smallest absolute Gasteiger partial charge is 0.128 e. The fraction of sp³-hybridized carbons (Fsp3) is 0.615. The van der Waals surface area contributed by atoms with Crippen LogP contribution in [0.2, 0.25) is 5.02 Å². The lowest BCUT2D eigenvalue weighted by Gasteiger charge is -2.23. The molecular weight excluding hydrogens is 236 g/mol. The highest BCUT2D eigenvalue weighted by Crippen LogP contribution is 2.31. The first-order valence-electron chi connectivity index (χ1n) is 6.24. The average molecular weight is 255 g/mol. The SMILES string of the molecule is CCCN(CC1CC1)c1cc(CO)c(Cl)cn1. The van der Waals surface area contributed by atoms with Crippen molar-refractivity contribution in [2.45, 2.75) is 32.8 Å². The monoisotopic (exact) mass is 254 g/mol. The summed E-state index contributed by atoms with van der Waals surface area (Å²) in [6.07, 6.45) is 5.41. The van der Waals surface area contributed by atoms with Crippen LogP contribution in [0.25, 0.3) is 0 Å². The zero-order valence-electron chi connectivity index (χ0n) is 10.2. The third kappa shape index (κ3) is 3.33. The van der Waals surface area contributed by atoms with Crippen LogP contribution in [-0.4, -0.2) is 23.2 Å². The first kappa shape index (κ1) is 12.7. The summed E-state index contributed by atoms with van der Waals surface area (Å²) < 4.78 is 0. The number of rotatable bonds is 6. The average Bonchev–Trinajstić information content (AvgIpc) is 3.13. The van der Waals surface area contributed by atoms with E-state index in [0.717, 1.165) is 36.8 Å². The summed E-state index contributed by atoms with van der Waals surface area (Å²) in [5.74, 6) is 1.77. The van der Waals surface area contributed by atoms with Gasteiger partial charge in [-0.1, -0.05) is 18.5 Å². The van der Waals surface area contributed by atoms with Gasteiger partial charge in [0.2, 0.25) is 0 Å². The first-order valence-corrected chi connectivity index (χ1v) is 6.62. The van der Waals surface area contributed by atoms with E-state index in [-0.39, 0.29) is 6.61 Å². The Morgan fingerprint density at radius 1 is 1.53 bits per heavy atom. The lowest BCUT2D eigenvalue weighted by Crippen LogP contribution is -2.27. The van der Waals surface area contributed by atoms with Gasteiger partial charge in [-0.15, -0.1) is 0 Å². The largest absolute Gasteiger partial charge is 0.392 e. The number of pyridine rings is 1. The molecule has 0 saturated heterocycles. The molecule has 3 nitrogen and oxygen atoms in total. The van der Waals surface area contributed by atoms with Gasteiger partial charge in [0, 0.05) is 24.8 Å². The molecule has 1 aliphatic carbocycles. The Morgan fingerprint density at radius 3 is 2.88 bits per heavy atom. The maximum Gasteiger partial charge on any atom is 0.128 e. The molecule has 2 rings (SSSR count). The van der Waals surface area contributed by atoms with Crippen LogP contribution >= 0.6 is 11.6 Å². The summed E-state index contributed by atoms with van der Waals surface area (Å²) in [5, 5.41) is 9.76. The minimum Gasteiger partial charge on any atom is -0.392 e. The van der Waals surface area contributed by atoms with Crippen molar-refractivity contribution in [2.24, 2.45) is 5.92 Å². The van der Waals surface area contributed by atoms with Crippen LogP contribution in [0.15, 0.2) is 12.3 Å². The third-order valence-electron chi connectivity index (χ3n) is 3.08. The van der Waals surface area contributed by atoms with E-state index < -0.39 is 0 Å². The van der Waals surface area contributed by atoms with Crippen molar-refractivity contribution >= 4 is 17.4 Å². The molecule has 0 aromatic carbocycles. The van der Waals surface area contributed by atoms with E-state index in [1.165, 1.54) is 12.8 Å². The normalized spacial score (nSPS) is 15.0. The van der Waals surface area contributed by atoms with E-state index in [4.69, 9.17) is 11.6 Å². The molecule has 94 valence electrons. The third-order valence-corrected chi connectivity index (χ3v) is 3.42. The summed E-state index contributed by atoms with van der Waals surface area (Å²) in [4.78, 5) is 6.67. The molecule has 17 heavy (non-hydrogen) atoms. The predicted molar refractivity (Wildman–Crippen MR) is 70.4 cm³/mol. The Bertz CT molecular complexity index is 380. The predicted octanol–water partition coefficient (Wildman–Crippen LogP) is 2.85. The second-order valence-corrected chi connectivity index (χ2v) is 5.09. The first-order chi connectivity index (χ1) is 8.24. The van der Waals surface area contributed by atoms with E-state index in [9.17, 15) is 5.11 Å². The number of hydrogen-bond donors (Lipinski definition) is 1. The maximum absolute atomic E-state index is 9.22. The summed E-state index contributed by atoms with van der Waals surface area (Å²) in [7, 11) is 0. The fourth-order valence-corrected chi connectivity index (χ4v) is 2.11. The second-order valence-electron chi connectivity index (χ2n) is 4.68. The van der Waals surface area contributed by atoms with Crippen LogP contribution in [0.1, 0.15) is 31.7 Å². The molecule has 1 saturated carbocycles. The van der Waals surface area contributed by atoms with Crippen LogP contribution < -0.4 is 4.90 Å². The molecule has 0 radical (unpaired) electrons. The highest BCUT2D eigenvalue weighted by atomic mass is 35.5. The minimum absolute atomic E-state index is 0.0300. The Balaban J connectivity index is 2.15. The molecule has 0 atom stereocenters. The number of anilines is 1. The zero-order valence-corrected chi connectivity index (χ0v) is 11.0. The van der Waals surface area contributed by atoms with Crippen molar-refractivity contribution in [1.82, 2.24) is 4.98 Å². The number of aromatic nitrogens is 1. The zero-order chi connectivity index (χ0) is 12.3. The summed E-state index contributed by atoms with van der Waals surface area (Å²) in [5.41, 5.74) is 0.758. The van der Waals surface area contributed by atoms with Gasteiger partial charge in [0.05, 0.1) is 11.6 Å². The summed E-state index contributed by atoms with van der Waals surface area (Å²) in [6, 6.07) is 1.90. The molecule has 0 bridgehead atoms. The van der Waals surface area contributed by atoms with Crippen molar-refractivity contribution in [3.63, 3.8) is 0 Å². The molecule has 4 heteroatoms. The molecule has 1 heterocycles. The van der Waals surface area contributed by atoms with Gasteiger partial charge >= 0.3 is 0 Å². The van der Waals surface area contributed by atoms with Crippen molar-refractivity contribution in [2.75, 3.05) is 18.0 Å². The highest BCUT2D eigenvalue weighted by Gasteiger charge is 2.24. The van der Waals surface area contributed by atoms with E-state index in [1.807, 2.05) is 6.07 Å². The fourth-order valence-electron chi connectivity index (χ4n) is 1.94. The molecular formula is C13H19ClN2O. The number of halogens is 1. The molecule has 1 fully saturated rings. The van der Waals surface area contributed by atoms with Crippen molar-refractivity contribution < 1.29 is 5.11 Å². The Hall–Kier alpha value is -0.800. The Kier molecular flexibility index (Phi) is 4.24. The van der Waals surface area contributed by atoms with Gasteiger partial charge in [0.25, 0.3) is 0 Å². The molecule has 0 spiro atoms. The van der Waals surface area contributed by atoms with Crippen LogP contribution in [0.4, 0.5) is 5.82 Å². The molecule has 0 unspecified atom stereocenters. The summed E-state index contributed by atoms with van der Waals surface area (Å²) in [6.45, 7) is 4.23. The van der Waals surface area contributed by atoms with Crippen LogP contribution in [-0.2, 0) is 6.61 Å². The van der Waals surface area contributed by atoms with Gasteiger partial charge in [0.15, 0.2) is 0 Å². The standard InChI is InChI=1S/C13H19ClN2O/c1-2-5-16(8-10-3-4-10)13-6-11(9-17)12(14)7-15-13/h6-7,10,17H,2-5,8-9H2,1H3. The van der Waals surface area contributed by atoms with Gasteiger partial charge in [0.1, 0.15) is 5.82 Å². The Morgan fingerprint density at radius 2 is 2.29 bits per heavy atom. The van der Waals surface area contributed by atoms with Crippen molar-refractivity contribution in [1.29, 1.82) is 0 Å². The van der Waals surface area contributed by atoms with Crippen LogP contribution in [0, 0.1) is 5.92 Å². The Labute approximate surface area is 107 Å². The molecule has 1 aromatic rings. The van der Waals surface area contributed by atoms with Crippen molar-refractivity contribution in [3.05, 3.63) is 22.8 Å². The van der Waals surface area contributed by atoms with Crippen molar-refractivity contribution in [3.8, 4) is 0 Å². The number of aliphatic hydroxyl groups excluding tert-OH is 1. The maximum atomic E-state index is 9.22. The lowest BCUT2D eigenvalue weighted by atomic mass is 10.2. The van der Waals surface area contributed by atoms with Gasteiger partial charge in [-0.2, -0.15) is 0 Å². The molecule has 0 aliphatic heterocycles. The lowest BCUT2D eigenvalue weighted by molar-refractivity contribution is 0.282. The number of hydrogen-bond acceptors (Lipinski definition) is 3. The molecule has 1 aromatic heterocycles. The second kappa shape index (κ2) is 5.69. The number of nitrogens with zero attached hydrogens (tertiary/aromatic N) is 2. The summed E-state index contributed by atoms with van der Waals surface area (Å²) >= 11 is 5.96. The topological polar surface area (TPSA) is 36.4 Å². The highest BCUT2D eigenvalue weighted by molar-refractivity contribution is 6.31. The van der Waals surface area contributed by atoms with Crippen LogP contribution in [0.3, 0.4) is 0 Å². The molecule has 0 amide bonds. The minimum atomic E-state index is -0.0300. The quantitative estimate of drug-likeness (QED) is 0.848. The molecule has 1 N–H and O–H groups in total. The van der Waals surface area contributed by atoms with Gasteiger partial charge < -0.3 is 10.0 Å². The molecule has 1 aliphatic rings. The van der Waals surface area contributed by atoms with E-state index in [1.54, 1.807) is 6.20 Å². The van der Waals surface area contributed by atoms with Gasteiger partial charge in [-0.05, 0) is 31.2 Å². The number of aliphatic hydroxyl groups is 1. The van der Waals surface area contributed by atoms with Gasteiger partial charge in [-0.3, -0.25) is 0 Å². The van der Waals surface area contributed by atoms with E-state index in [2.05, 4.69) is 16.8 Å². The van der Waals surface area contributed by atoms with Crippen LogP contribution in [0.5, 0.6) is 0 Å². The van der Waals surface area contributed by atoms with E-state index >= 15 is 0 Å². The van der Waals surface area contributed by atoms with Gasteiger partial charge in [-0.25, -0.2) is 4.98 Å². The van der Waals surface area contributed by atoms with E-state index in [0.29, 0.717) is 5.02 Å².